The molecule has 1 atom stereocenters. The van der Waals surface area contributed by atoms with Crippen molar-refractivity contribution in [1.29, 1.82) is 0 Å². The van der Waals surface area contributed by atoms with E-state index in [1.165, 1.54) is 38.5 Å². The van der Waals surface area contributed by atoms with Crippen molar-refractivity contribution in [2.24, 2.45) is 5.73 Å². The number of nitrogens with zero attached hydrogens (tertiary/aromatic N) is 1. The van der Waals surface area contributed by atoms with E-state index in [4.69, 9.17) is 5.73 Å². The SMILES string of the molecule is CCCCCCCCCC(C)[N]C(N)=O. The Morgan fingerprint density at radius 3 is 2.20 bits per heavy atom. The van der Waals surface area contributed by atoms with Crippen LogP contribution in [0.5, 0.6) is 0 Å². The summed E-state index contributed by atoms with van der Waals surface area (Å²) in [5.74, 6) is 0. The van der Waals surface area contributed by atoms with Gasteiger partial charge in [-0.3, -0.25) is 0 Å². The zero-order chi connectivity index (χ0) is 11.5. The summed E-state index contributed by atoms with van der Waals surface area (Å²) in [6, 6.07) is -0.441. The number of rotatable bonds is 9. The zero-order valence-electron chi connectivity index (χ0n) is 10.2. The van der Waals surface area contributed by atoms with E-state index in [1.54, 1.807) is 0 Å². The number of carbonyl (C=O) groups is 1. The fraction of sp³-hybridized carbons (Fsp3) is 0.917. The van der Waals surface area contributed by atoms with Gasteiger partial charge in [-0.05, 0) is 13.3 Å². The van der Waals surface area contributed by atoms with Crippen LogP contribution in [0.2, 0.25) is 0 Å². The lowest BCUT2D eigenvalue weighted by molar-refractivity contribution is 0.244. The number of primary amides is 1. The van der Waals surface area contributed by atoms with Gasteiger partial charge in [0.25, 0.3) is 0 Å². The smallest absolute Gasteiger partial charge is 0.333 e. The van der Waals surface area contributed by atoms with Gasteiger partial charge >= 0.3 is 6.03 Å². The highest BCUT2D eigenvalue weighted by molar-refractivity contribution is 5.71. The number of hydrogen-bond acceptors (Lipinski definition) is 1. The number of amides is 2. The molecule has 3 heteroatoms. The van der Waals surface area contributed by atoms with Crippen LogP contribution in [-0.4, -0.2) is 12.1 Å². The lowest BCUT2D eigenvalue weighted by Gasteiger charge is -2.08. The minimum absolute atomic E-state index is 0.0955. The van der Waals surface area contributed by atoms with Gasteiger partial charge in [0.2, 0.25) is 0 Å². The first-order chi connectivity index (χ1) is 7.16. The van der Waals surface area contributed by atoms with Crippen molar-refractivity contribution in [2.45, 2.75) is 71.3 Å². The van der Waals surface area contributed by atoms with Crippen molar-refractivity contribution in [3.63, 3.8) is 0 Å². The molecule has 0 spiro atoms. The molecule has 0 aromatic rings. The molecule has 89 valence electrons. The molecule has 0 saturated carbocycles. The van der Waals surface area contributed by atoms with Gasteiger partial charge < -0.3 is 5.73 Å². The van der Waals surface area contributed by atoms with Crippen LogP contribution in [0.15, 0.2) is 0 Å². The van der Waals surface area contributed by atoms with Crippen LogP contribution in [0.1, 0.15) is 65.2 Å². The van der Waals surface area contributed by atoms with Gasteiger partial charge in [0, 0.05) is 0 Å². The third-order valence-electron chi connectivity index (χ3n) is 2.57. The van der Waals surface area contributed by atoms with E-state index >= 15 is 0 Å². The summed E-state index contributed by atoms with van der Waals surface area (Å²) in [6.45, 7) is 4.18. The maximum Gasteiger partial charge on any atom is 0.333 e. The van der Waals surface area contributed by atoms with Crippen LogP contribution in [0.4, 0.5) is 4.79 Å². The molecule has 0 aliphatic heterocycles. The van der Waals surface area contributed by atoms with Gasteiger partial charge in [0.1, 0.15) is 0 Å². The molecular formula is C12H25N2O. The molecule has 0 heterocycles. The first kappa shape index (κ1) is 14.3. The highest BCUT2D eigenvalue weighted by Gasteiger charge is 2.04. The van der Waals surface area contributed by atoms with E-state index in [0.29, 0.717) is 0 Å². The number of hydrogen-bond donors (Lipinski definition) is 1. The molecular weight excluding hydrogens is 188 g/mol. The maximum absolute atomic E-state index is 10.5. The second-order valence-electron chi connectivity index (χ2n) is 4.23. The van der Waals surface area contributed by atoms with E-state index in [2.05, 4.69) is 12.2 Å². The van der Waals surface area contributed by atoms with E-state index in [1.807, 2.05) is 6.92 Å². The van der Waals surface area contributed by atoms with Crippen LogP contribution in [-0.2, 0) is 0 Å². The Kier molecular flexibility index (Phi) is 9.33. The summed E-state index contributed by atoms with van der Waals surface area (Å²) in [7, 11) is 0. The van der Waals surface area contributed by atoms with Gasteiger partial charge in [0.15, 0.2) is 0 Å². The van der Waals surface area contributed by atoms with Crippen molar-refractivity contribution in [3.8, 4) is 0 Å². The largest absolute Gasteiger partial charge is 0.350 e. The molecule has 2 N–H and O–H groups in total. The first-order valence-corrected chi connectivity index (χ1v) is 6.17. The maximum atomic E-state index is 10.5. The average Bonchev–Trinajstić information content (AvgIpc) is 2.15. The molecule has 0 rings (SSSR count). The molecule has 0 fully saturated rings. The normalized spacial score (nSPS) is 12.4. The molecule has 0 saturated heterocycles. The zero-order valence-corrected chi connectivity index (χ0v) is 10.2. The molecule has 2 amide bonds. The fourth-order valence-corrected chi connectivity index (χ4v) is 1.68. The van der Waals surface area contributed by atoms with Crippen molar-refractivity contribution in [3.05, 3.63) is 0 Å². The Hall–Kier alpha value is -0.730. The standard InChI is InChI=1S/C12H25N2O/c1-3-4-5-6-7-8-9-10-11(2)14-12(13)15/h11H,3-10H2,1-2H3,(H2,13,15). The fourth-order valence-electron chi connectivity index (χ4n) is 1.68. The molecule has 3 nitrogen and oxygen atoms in total. The Bertz CT molecular complexity index is 160. The van der Waals surface area contributed by atoms with Gasteiger partial charge in [0.05, 0.1) is 6.04 Å². The second kappa shape index (κ2) is 9.81. The summed E-state index contributed by atoms with van der Waals surface area (Å²) in [6.07, 6.45) is 10.1. The molecule has 0 aliphatic rings. The van der Waals surface area contributed by atoms with E-state index in [9.17, 15) is 4.79 Å². The molecule has 1 radical (unpaired) electrons. The quantitative estimate of drug-likeness (QED) is 0.587. The lowest BCUT2D eigenvalue weighted by atomic mass is 10.1. The predicted octanol–water partition coefficient (Wildman–Crippen LogP) is 3.20. The highest BCUT2D eigenvalue weighted by atomic mass is 16.2. The average molecular weight is 213 g/mol. The topological polar surface area (TPSA) is 57.2 Å². The van der Waals surface area contributed by atoms with Gasteiger partial charge in [-0.2, -0.15) is 0 Å². The third-order valence-corrected chi connectivity index (χ3v) is 2.57. The number of unbranched alkanes of at least 4 members (excludes halogenated alkanes) is 6. The van der Waals surface area contributed by atoms with Gasteiger partial charge in [-0.1, -0.05) is 51.9 Å². The molecule has 0 bridgehead atoms. The van der Waals surface area contributed by atoms with Gasteiger partial charge in [-0.15, -0.1) is 0 Å². The van der Waals surface area contributed by atoms with Crippen LogP contribution < -0.4 is 11.1 Å². The van der Waals surface area contributed by atoms with Crippen molar-refractivity contribution in [2.75, 3.05) is 0 Å². The number of urea groups is 1. The van der Waals surface area contributed by atoms with Crippen LogP contribution in [0, 0.1) is 0 Å². The second-order valence-corrected chi connectivity index (χ2v) is 4.23. The molecule has 0 aromatic carbocycles. The minimum atomic E-state index is -0.537. The Morgan fingerprint density at radius 2 is 1.67 bits per heavy atom. The Balaban J connectivity index is 3.13. The van der Waals surface area contributed by atoms with Crippen molar-refractivity contribution in [1.82, 2.24) is 5.32 Å². The first-order valence-electron chi connectivity index (χ1n) is 6.17. The summed E-state index contributed by atoms with van der Waals surface area (Å²) >= 11 is 0. The van der Waals surface area contributed by atoms with Gasteiger partial charge in [-0.25, -0.2) is 10.1 Å². The van der Waals surface area contributed by atoms with Crippen LogP contribution >= 0.6 is 0 Å². The monoisotopic (exact) mass is 213 g/mol. The van der Waals surface area contributed by atoms with Crippen molar-refractivity contribution < 1.29 is 4.79 Å². The van der Waals surface area contributed by atoms with E-state index in [-0.39, 0.29) is 6.04 Å². The van der Waals surface area contributed by atoms with E-state index in [0.717, 1.165) is 12.8 Å². The van der Waals surface area contributed by atoms with E-state index < -0.39 is 6.03 Å². The Labute approximate surface area is 93.8 Å². The summed E-state index contributed by atoms with van der Waals surface area (Å²) < 4.78 is 0. The molecule has 0 aromatic heterocycles. The highest BCUT2D eigenvalue weighted by Crippen LogP contribution is 2.09. The Morgan fingerprint density at radius 1 is 1.13 bits per heavy atom. The van der Waals surface area contributed by atoms with Crippen LogP contribution in [0.3, 0.4) is 0 Å². The van der Waals surface area contributed by atoms with Crippen LogP contribution in [0.25, 0.3) is 0 Å². The number of nitrogens with two attached hydrogens (primary N) is 1. The third kappa shape index (κ3) is 11.2. The molecule has 1 unspecified atom stereocenters. The predicted molar refractivity (Wildman–Crippen MR) is 63.8 cm³/mol. The summed E-state index contributed by atoms with van der Waals surface area (Å²) in [4.78, 5) is 10.5. The number of carbonyl (C=O) groups excluding carboxylic acids is 1. The van der Waals surface area contributed by atoms with Crippen molar-refractivity contribution >= 4 is 6.03 Å². The molecule has 15 heavy (non-hydrogen) atoms. The lowest BCUT2D eigenvalue weighted by Crippen LogP contribution is -2.29. The molecule has 0 aliphatic carbocycles. The summed E-state index contributed by atoms with van der Waals surface area (Å²) in [5, 5.41) is 3.76. The minimum Gasteiger partial charge on any atom is -0.350 e. The summed E-state index contributed by atoms with van der Waals surface area (Å²) in [5.41, 5.74) is 4.97.